The van der Waals surface area contributed by atoms with Crippen LogP contribution in [0.5, 0.6) is 0 Å². The zero-order valence-electron chi connectivity index (χ0n) is 9.73. The second kappa shape index (κ2) is 8.49. The van der Waals surface area contributed by atoms with Gasteiger partial charge < -0.3 is 5.11 Å². The lowest BCUT2D eigenvalue weighted by molar-refractivity contribution is -0.132. The zero-order valence-corrected chi connectivity index (χ0v) is 9.73. The molecule has 0 saturated heterocycles. The molecule has 0 aromatic carbocycles. The summed E-state index contributed by atoms with van der Waals surface area (Å²) < 4.78 is 0. The first-order chi connectivity index (χ1) is 7.61. The smallest absolute Gasteiger partial charge is 0.346 e. The Balaban J connectivity index is 4.38. The molecule has 0 saturated carbocycles. The van der Waals surface area contributed by atoms with Gasteiger partial charge in [0.2, 0.25) is 0 Å². The van der Waals surface area contributed by atoms with E-state index >= 15 is 0 Å². The summed E-state index contributed by atoms with van der Waals surface area (Å²) in [5.74, 6) is -1.19. The Hall–Kier alpha value is -1.82. The molecule has 0 heterocycles. The van der Waals surface area contributed by atoms with Gasteiger partial charge in [0.05, 0.1) is 0 Å². The average molecular weight is 219 g/mol. The molecule has 0 amide bonds. The third-order valence-corrected chi connectivity index (χ3v) is 1.97. The van der Waals surface area contributed by atoms with Crippen molar-refractivity contribution in [1.29, 1.82) is 5.26 Å². The van der Waals surface area contributed by atoms with Gasteiger partial charge >= 0.3 is 5.97 Å². The van der Waals surface area contributed by atoms with Crippen molar-refractivity contribution in [2.75, 3.05) is 0 Å². The van der Waals surface area contributed by atoms with Crippen molar-refractivity contribution < 1.29 is 9.90 Å². The van der Waals surface area contributed by atoms with Crippen molar-refractivity contribution in [2.24, 2.45) is 0 Å². The van der Waals surface area contributed by atoms with Crippen LogP contribution in [-0.4, -0.2) is 11.1 Å². The first-order valence-electron chi connectivity index (χ1n) is 5.30. The van der Waals surface area contributed by atoms with E-state index in [1.807, 2.05) is 13.0 Å². The Morgan fingerprint density at radius 1 is 1.44 bits per heavy atom. The summed E-state index contributed by atoms with van der Waals surface area (Å²) in [5, 5.41) is 17.1. The van der Waals surface area contributed by atoms with E-state index in [9.17, 15) is 4.79 Å². The number of carbonyl (C=O) groups is 1. The third-order valence-electron chi connectivity index (χ3n) is 1.97. The van der Waals surface area contributed by atoms with Crippen LogP contribution < -0.4 is 0 Å². The van der Waals surface area contributed by atoms with Crippen LogP contribution in [0.25, 0.3) is 0 Å². The van der Waals surface area contributed by atoms with E-state index in [1.165, 1.54) is 6.08 Å². The molecule has 0 bridgehead atoms. The molecule has 0 aliphatic rings. The quantitative estimate of drug-likeness (QED) is 0.323. The number of nitriles is 1. The van der Waals surface area contributed by atoms with Gasteiger partial charge in [-0.05, 0) is 19.4 Å². The lowest BCUT2D eigenvalue weighted by atomic mass is 10.2. The molecule has 0 aliphatic heterocycles. The molecule has 3 nitrogen and oxygen atoms in total. The Morgan fingerprint density at radius 3 is 2.62 bits per heavy atom. The van der Waals surface area contributed by atoms with Crippen LogP contribution in [-0.2, 0) is 4.79 Å². The molecule has 0 aromatic rings. The Morgan fingerprint density at radius 2 is 2.12 bits per heavy atom. The van der Waals surface area contributed by atoms with Crippen molar-refractivity contribution >= 4 is 5.97 Å². The number of hydrogen-bond donors (Lipinski definition) is 1. The van der Waals surface area contributed by atoms with Crippen LogP contribution in [0.15, 0.2) is 35.5 Å². The second-order valence-electron chi connectivity index (χ2n) is 3.45. The maximum absolute atomic E-state index is 10.5. The molecule has 86 valence electrons. The van der Waals surface area contributed by atoms with Crippen LogP contribution in [0.3, 0.4) is 0 Å². The van der Waals surface area contributed by atoms with Crippen molar-refractivity contribution in [3.8, 4) is 6.07 Å². The van der Waals surface area contributed by atoms with Crippen molar-refractivity contribution in [3.63, 3.8) is 0 Å². The summed E-state index contributed by atoms with van der Waals surface area (Å²) in [6.45, 7) is 4.00. The molecule has 0 rings (SSSR count). The standard InChI is InChI=1S/C13H17NO2/c1-3-4-5-6-7-11(2)8-9-12(10-14)13(15)16/h6-9H,3-5H2,1-2H3,(H,15,16). The van der Waals surface area contributed by atoms with Gasteiger partial charge in [-0.1, -0.05) is 43.6 Å². The summed E-state index contributed by atoms with van der Waals surface area (Å²) in [4.78, 5) is 10.5. The summed E-state index contributed by atoms with van der Waals surface area (Å²) in [7, 11) is 0. The normalized spacial score (nSPS) is 12.8. The summed E-state index contributed by atoms with van der Waals surface area (Å²) >= 11 is 0. The van der Waals surface area contributed by atoms with Gasteiger partial charge in [-0.25, -0.2) is 4.79 Å². The molecule has 0 aromatic heterocycles. The summed E-state index contributed by atoms with van der Waals surface area (Å²) in [5.41, 5.74) is 0.686. The van der Waals surface area contributed by atoms with Crippen molar-refractivity contribution in [3.05, 3.63) is 35.5 Å². The summed E-state index contributed by atoms with van der Waals surface area (Å²) in [6, 6.07) is 1.63. The highest BCUT2D eigenvalue weighted by atomic mass is 16.4. The van der Waals surface area contributed by atoms with Gasteiger partial charge in [-0.2, -0.15) is 5.26 Å². The number of carboxylic acid groups (broad SMARTS) is 1. The molecule has 0 spiro atoms. The van der Waals surface area contributed by atoms with E-state index in [2.05, 4.69) is 13.0 Å². The predicted molar refractivity (Wildman–Crippen MR) is 63.8 cm³/mol. The molecule has 0 aliphatic carbocycles. The number of aliphatic carboxylic acids is 1. The predicted octanol–water partition coefficient (Wildman–Crippen LogP) is 3.21. The minimum absolute atomic E-state index is 0.249. The highest BCUT2D eigenvalue weighted by molar-refractivity contribution is 5.91. The minimum Gasteiger partial charge on any atom is -0.477 e. The van der Waals surface area contributed by atoms with Crippen LogP contribution in [0.1, 0.15) is 33.1 Å². The van der Waals surface area contributed by atoms with Gasteiger partial charge in [-0.15, -0.1) is 0 Å². The lowest BCUT2D eigenvalue weighted by Crippen LogP contribution is -1.96. The van der Waals surface area contributed by atoms with Crippen LogP contribution in [0.2, 0.25) is 0 Å². The molecule has 16 heavy (non-hydrogen) atoms. The van der Waals surface area contributed by atoms with E-state index in [0.717, 1.165) is 24.8 Å². The molecule has 0 fully saturated rings. The first kappa shape index (κ1) is 14.2. The molecule has 1 N–H and O–H groups in total. The third kappa shape index (κ3) is 6.61. The second-order valence-corrected chi connectivity index (χ2v) is 3.45. The van der Waals surface area contributed by atoms with E-state index in [1.54, 1.807) is 12.1 Å². The van der Waals surface area contributed by atoms with Crippen molar-refractivity contribution in [1.82, 2.24) is 0 Å². The maximum Gasteiger partial charge on any atom is 0.346 e. The van der Waals surface area contributed by atoms with Gasteiger partial charge in [0, 0.05) is 0 Å². The van der Waals surface area contributed by atoms with E-state index in [-0.39, 0.29) is 5.57 Å². The van der Waals surface area contributed by atoms with Crippen LogP contribution in [0.4, 0.5) is 0 Å². The molecule has 0 atom stereocenters. The fourth-order valence-corrected chi connectivity index (χ4v) is 1.02. The number of nitrogens with zero attached hydrogens (tertiary/aromatic N) is 1. The molecule has 0 radical (unpaired) electrons. The SMILES string of the molecule is CCCCC=CC(C)=CC=C(C#N)C(=O)O. The van der Waals surface area contributed by atoms with E-state index < -0.39 is 5.97 Å². The number of allylic oxidation sites excluding steroid dienone is 5. The van der Waals surface area contributed by atoms with Gasteiger partial charge in [-0.3, -0.25) is 0 Å². The van der Waals surface area contributed by atoms with Gasteiger partial charge in [0.25, 0.3) is 0 Å². The lowest BCUT2D eigenvalue weighted by Gasteiger charge is -1.91. The van der Waals surface area contributed by atoms with E-state index in [0.29, 0.717) is 0 Å². The number of carboxylic acids is 1. The Bertz CT molecular complexity index is 357. The van der Waals surface area contributed by atoms with Crippen LogP contribution >= 0.6 is 0 Å². The molecular weight excluding hydrogens is 202 g/mol. The number of hydrogen-bond acceptors (Lipinski definition) is 2. The zero-order chi connectivity index (χ0) is 12.4. The van der Waals surface area contributed by atoms with Crippen LogP contribution in [0, 0.1) is 11.3 Å². The fourth-order valence-electron chi connectivity index (χ4n) is 1.02. The Labute approximate surface area is 96.4 Å². The minimum atomic E-state index is -1.19. The fraction of sp³-hybridized carbons (Fsp3) is 0.385. The largest absolute Gasteiger partial charge is 0.477 e. The van der Waals surface area contributed by atoms with E-state index in [4.69, 9.17) is 10.4 Å². The maximum atomic E-state index is 10.5. The Kier molecular flexibility index (Phi) is 7.52. The van der Waals surface area contributed by atoms with Crippen molar-refractivity contribution in [2.45, 2.75) is 33.1 Å². The monoisotopic (exact) mass is 219 g/mol. The average Bonchev–Trinajstić information content (AvgIpc) is 2.25. The highest BCUT2D eigenvalue weighted by Gasteiger charge is 2.02. The molecular formula is C13H17NO2. The number of rotatable bonds is 6. The molecule has 3 heteroatoms. The molecule has 0 unspecified atom stereocenters. The highest BCUT2D eigenvalue weighted by Crippen LogP contribution is 2.02. The number of unbranched alkanes of at least 4 members (excludes halogenated alkanes) is 2. The van der Waals surface area contributed by atoms with Gasteiger partial charge in [0.1, 0.15) is 11.6 Å². The topological polar surface area (TPSA) is 61.1 Å². The van der Waals surface area contributed by atoms with Gasteiger partial charge in [0.15, 0.2) is 0 Å². The summed E-state index contributed by atoms with van der Waals surface area (Å²) in [6.07, 6.45) is 10.3. The first-order valence-corrected chi connectivity index (χ1v) is 5.30.